The normalized spacial score (nSPS) is 11.4. The van der Waals surface area contributed by atoms with Crippen LogP contribution in [0.2, 0.25) is 0 Å². The van der Waals surface area contributed by atoms with E-state index in [0.717, 1.165) is 21.5 Å². The molecule has 120 valence electrons. The first-order chi connectivity index (χ1) is 11.7. The Labute approximate surface area is 144 Å². The number of ether oxygens (including phenoxy) is 1. The average Bonchev–Trinajstić information content (AvgIpc) is 2.93. The molecule has 3 rings (SSSR count). The van der Waals surface area contributed by atoms with E-state index < -0.39 is 0 Å². The van der Waals surface area contributed by atoms with Crippen molar-refractivity contribution in [2.24, 2.45) is 4.99 Å². The first-order valence-corrected chi connectivity index (χ1v) is 8.25. The Bertz CT molecular complexity index is 975. The Morgan fingerprint density at radius 1 is 1.25 bits per heavy atom. The van der Waals surface area contributed by atoms with E-state index in [-0.39, 0.29) is 12.3 Å². The number of benzene rings is 2. The van der Waals surface area contributed by atoms with Gasteiger partial charge in [-0.15, -0.1) is 6.42 Å². The van der Waals surface area contributed by atoms with Gasteiger partial charge in [-0.25, -0.2) is 0 Å². The summed E-state index contributed by atoms with van der Waals surface area (Å²) in [6.45, 7) is 0.388. The van der Waals surface area contributed by atoms with E-state index in [1.807, 2.05) is 53.1 Å². The molecule has 0 atom stereocenters. The molecular weight excluding hydrogens is 320 g/mol. The zero-order valence-corrected chi connectivity index (χ0v) is 14.0. The topological polar surface area (TPSA) is 43.6 Å². The Hall–Kier alpha value is -2.84. The van der Waals surface area contributed by atoms with Crippen LogP contribution in [-0.4, -0.2) is 17.6 Å². The first kappa shape index (κ1) is 16.0. The van der Waals surface area contributed by atoms with Crippen LogP contribution < -0.4 is 9.54 Å². The lowest BCUT2D eigenvalue weighted by Gasteiger charge is -2.01. The fourth-order valence-corrected chi connectivity index (χ4v) is 3.46. The molecule has 0 aliphatic carbocycles. The molecule has 1 heterocycles. The molecule has 0 aliphatic heterocycles. The molecule has 0 saturated heterocycles. The van der Waals surface area contributed by atoms with Gasteiger partial charge < -0.3 is 9.30 Å². The molecule has 0 aliphatic rings. The second kappa shape index (κ2) is 7.16. The minimum absolute atomic E-state index is 0.197. The van der Waals surface area contributed by atoms with Crippen LogP contribution in [0.1, 0.15) is 5.56 Å². The van der Waals surface area contributed by atoms with Crippen molar-refractivity contribution in [3.05, 3.63) is 58.9 Å². The number of rotatable bonds is 4. The summed E-state index contributed by atoms with van der Waals surface area (Å²) in [5, 5.41) is 0. The molecule has 3 aromatic rings. The number of carbonyl (C=O) groups excluding carboxylic acids is 1. The lowest BCUT2D eigenvalue weighted by Crippen LogP contribution is -2.17. The molecule has 0 spiro atoms. The van der Waals surface area contributed by atoms with Crippen molar-refractivity contribution in [3.8, 4) is 18.1 Å². The van der Waals surface area contributed by atoms with Crippen LogP contribution in [-0.2, 0) is 17.8 Å². The number of hydrogen-bond acceptors (Lipinski definition) is 3. The number of aromatic nitrogens is 1. The summed E-state index contributed by atoms with van der Waals surface area (Å²) in [4.78, 5) is 17.2. The molecule has 0 unspecified atom stereocenters. The van der Waals surface area contributed by atoms with Crippen molar-refractivity contribution in [2.75, 3.05) is 7.11 Å². The molecular formula is C19H16N2O2S. The number of amides is 1. The number of fused-ring (bicyclic) bond motifs is 1. The van der Waals surface area contributed by atoms with Crippen molar-refractivity contribution in [3.63, 3.8) is 0 Å². The molecule has 1 amide bonds. The van der Waals surface area contributed by atoms with E-state index in [2.05, 4.69) is 10.9 Å². The lowest BCUT2D eigenvalue weighted by atomic mass is 10.1. The van der Waals surface area contributed by atoms with E-state index in [4.69, 9.17) is 11.2 Å². The van der Waals surface area contributed by atoms with Gasteiger partial charge in [-0.1, -0.05) is 41.5 Å². The zero-order valence-electron chi connectivity index (χ0n) is 13.2. The highest BCUT2D eigenvalue weighted by atomic mass is 32.1. The number of thiazole rings is 1. The molecule has 0 bridgehead atoms. The van der Waals surface area contributed by atoms with Crippen molar-refractivity contribution in [2.45, 2.75) is 13.0 Å². The van der Waals surface area contributed by atoms with Crippen molar-refractivity contribution in [1.29, 1.82) is 0 Å². The van der Waals surface area contributed by atoms with Gasteiger partial charge in [0.25, 0.3) is 5.91 Å². The molecule has 2 aromatic carbocycles. The van der Waals surface area contributed by atoms with E-state index in [1.54, 1.807) is 7.11 Å². The Morgan fingerprint density at radius 3 is 2.71 bits per heavy atom. The molecule has 4 nitrogen and oxygen atoms in total. The number of hydrogen-bond donors (Lipinski definition) is 0. The minimum Gasteiger partial charge on any atom is -0.497 e. The van der Waals surface area contributed by atoms with Gasteiger partial charge >= 0.3 is 0 Å². The number of para-hydroxylation sites is 1. The maximum Gasteiger partial charge on any atom is 0.252 e. The predicted octanol–water partition coefficient (Wildman–Crippen LogP) is 3.01. The molecule has 1 aromatic heterocycles. The van der Waals surface area contributed by atoms with Crippen LogP contribution in [0.4, 0.5) is 0 Å². The summed E-state index contributed by atoms with van der Waals surface area (Å²) in [6, 6.07) is 15.3. The van der Waals surface area contributed by atoms with Crippen LogP contribution in [0.5, 0.6) is 5.75 Å². The fourth-order valence-electron chi connectivity index (χ4n) is 2.41. The van der Waals surface area contributed by atoms with Crippen molar-refractivity contribution >= 4 is 27.5 Å². The van der Waals surface area contributed by atoms with Crippen LogP contribution in [0.25, 0.3) is 10.2 Å². The quantitative estimate of drug-likeness (QED) is 0.688. The zero-order chi connectivity index (χ0) is 16.9. The molecule has 5 heteroatoms. The highest BCUT2D eigenvalue weighted by molar-refractivity contribution is 7.16. The Morgan fingerprint density at radius 2 is 2.00 bits per heavy atom. The lowest BCUT2D eigenvalue weighted by molar-refractivity contribution is -0.117. The van der Waals surface area contributed by atoms with Crippen molar-refractivity contribution < 1.29 is 9.53 Å². The summed E-state index contributed by atoms with van der Waals surface area (Å²) in [6.07, 6.45) is 5.70. The number of terminal acetylenes is 1. The third-order valence-electron chi connectivity index (χ3n) is 3.57. The maximum absolute atomic E-state index is 12.3. The van der Waals surface area contributed by atoms with Gasteiger partial charge in [0.2, 0.25) is 0 Å². The number of carbonyl (C=O) groups is 1. The van der Waals surface area contributed by atoms with Crippen molar-refractivity contribution in [1.82, 2.24) is 4.57 Å². The van der Waals surface area contributed by atoms with E-state index in [0.29, 0.717) is 11.3 Å². The van der Waals surface area contributed by atoms with E-state index >= 15 is 0 Å². The standard InChI is InChI=1S/C19H16N2O2S/c1-3-12-21-16-6-4-5-7-17(16)24-19(21)20-18(22)13-14-8-10-15(23-2)11-9-14/h1,4-11H,12-13H2,2H3. The van der Waals surface area contributed by atoms with Gasteiger partial charge in [-0.2, -0.15) is 4.99 Å². The average molecular weight is 336 g/mol. The summed E-state index contributed by atoms with van der Waals surface area (Å²) in [7, 11) is 1.61. The van der Waals surface area contributed by atoms with Gasteiger partial charge in [-0.3, -0.25) is 4.79 Å². The summed E-state index contributed by atoms with van der Waals surface area (Å²) < 4.78 is 8.07. The second-order valence-corrected chi connectivity index (χ2v) is 6.18. The Balaban J connectivity index is 1.92. The highest BCUT2D eigenvalue weighted by Gasteiger charge is 2.07. The van der Waals surface area contributed by atoms with Crippen LogP contribution in [0.15, 0.2) is 53.5 Å². The van der Waals surface area contributed by atoms with Crippen LogP contribution in [0.3, 0.4) is 0 Å². The van der Waals surface area contributed by atoms with E-state index in [1.165, 1.54) is 11.3 Å². The minimum atomic E-state index is -0.197. The van der Waals surface area contributed by atoms with Gasteiger partial charge in [0.05, 0.1) is 30.3 Å². The van der Waals surface area contributed by atoms with Gasteiger partial charge in [0.15, 0.2) is 4.80 Å². The number of methoxy groups -OCH3 is 1. The monoisotopic (exact) mass is 336 g/mol. The second-order valence-electron chi connectivity index (χ2n) is 5.17. The summed E-state index contributed by atoms with van der Waals surface area (Å²) in [5.41, 5.74) is 1.89. The Kier molecular flexibility index (Phi) is 4.78. The molecule has 24 heavy (non-hydrogen) atoms. The summed E-state index contributed by atoms with van der Waals surface area (Å²) in [5.74, 6) is 3.19. The SMILES string of the molecule is C#CCn1c(=NC(=O)Cc2ccc(OC)cc2)sc2ccccc21. The molecule has 0 radical (unpaired) electrons. The predicted molar refractivity (Wildman–Crippen MR) is 95.9 cm³/mol. The highest BCUT2D eigenvalue weighted by Crippen LogP contribution is 2.16. The molecule has 0 fully saturated rings. The third kappa shape index (κ3) is 3.39. The third-order valence-corrected chi connectivity index (χ3v) is 4.63. The van der Waals surface area contributed by atoms with Crippen LogP contribution in [0, 0.1) is 12.3 Å². The van der Waals surface area contributed by atoms with Gasteiger partial charge in [0, 0.05) is 0 Å². The molecule has 0 saturated carbocycles. The van der Waals surface area contributed by atoms with E-state index in [9.17, 15) is 4.79 Å². The van der Waals surface area contributed by atoms with Gasteiger partial charge in [-0.05, 0) is 29.8 Å². The summed E-state index contributed by atoms with van der Waals surface area (Å²) >= 11 is 1.47. The smallest absolute Gasteiger partial charge is 0.252 e. The largest absolute Gasteiger partial charge is 0.497 e. The maximum atomic E-state index is 12.3. The fraction of sp³-hybridized carbons (Fsp3) is 0.158. The first-order valence-electron chi connectivity index (χ1n) is 7.43. The molecule has 0 N–H and O–H groups in total. The van der Waals surface area contributed by atoms with Crippen LogP contribution >= 0.6 is 11.3 Å². The van der Waals surface area contributed by atoms with Gasteiger partial charge in [0.1, 0.15) is 5.75 Å². The number of nitrogens with zero attached hydrogens (tertiary/aromatic N) is 2.